The number of nitrogens with one attached hydrogen (secondary N) is 1. The van der Waals surface area contributed by atoms with Crippen LogP contribution in [-0.2, 0) is 22.6 Å². The van der Waals surface area contributed by atoms with E-state index < -0.39 is 5.24 Å². The van der Waals surface area contributed by atoms with Gasteiger partial charge < -0.3 is 29.5 Å². The SMILES string of the molecule is CNCc1sc2c(N3CCOCC3)nc(Cl)nc2c1C.Cc1c(CN(C)C(=O)c2ccccc2)sc2c(N3CCOCC3)nc(Cl)nc12.O=C(Cl)c1ccccc1. The molecule has 57 heavy (non-hydrogen) atoms. The second-order valence-corrected chi connectivity index (χ2v) is 16.4. The lowest BCUT2D eigenvalue weighted by molar-refractivity contribution is 0.0786. The van der Waals surface area contributed by atoms with Gasteiger partial charge in [0, 0.05) is 60.7 Å². The van der Waals surface area contributed by atoms with Crippen molar-refractivity contribution in [3.05, 3.63) is 103 Å². The number of carbonyl (C=O) groups is 2. The summed E-state index contributed by atoms with van der Waals surface area (Å²) in [5.41, 5.74) is 5.30. The van der Waals surface area contributed by atoms with Crippen molar-refractivity contribution < 1.29 is 19.1 Å². The largest absolute Gasteiger partial charge is 0.378 e. The van der Waals surface area contributed by atoms with Gasteiger partial charge in [0.1, 0.15) is 0 Å². The van der Waals surface area contributed by atoms with E-state index in [2.05, 4.69) is 42.0 Å². The number of nitrogens with zero attached hydrogens (tertiary/aromatic N) is 7. The molecule has 2 aromatic carbocycles. The summed E-state index contributed by atoms with van der Waals surface area (Å²) in [6.45, 7) is 11.5. The fraction of sp³-hybridized carbons (Fsp3) is 0.350. The number of fused-ring (bicyclic) bond motifs is 2. The van der Waals surface area contributed by atoms with E-state index in [9.17, 15) is 9.59 Å². The van der Waals surface area contributed by atoms with Crippen molar-refractivity contribution in [2.45, 2.75) is 26.9 Å². The van der Waals surface area contributed by atoms with Gasteiger partial charge in [-0.15, -0.1) is 22.7 Å². The van der Waals surface area contributed by atoms with Crippen LogP contribution in [0.4, 0.5) is 11.6 Å². The molecule has 4 aromatic heterocycles. The summed E-state index contributed by atoms with van der Waals surface area (Å²) in [6.07, 6.45) is 0. The van der Waals surface area contributed by atoms with Gasteiger partial charge in [-0.05, 0) is 79.0 Å². The van der Waals surface area contributed by atoms with Crippen molar-refractivity contribution in [2.24, 2.45) is 0 Å². The molecule has 0 bridgehead atoms. The molecular weight excluding hydrogens is 827 g/mol. The molecular formula is C40H43Cl3N8O4S2. The van der Waals surface area contributed by atoms with E-state index in [0.29, 0.717) is 36.2 Å². The smallest absolute Gasteiger partial charge is 0.253 e. The molecule has 300 valence electrons. The van der Waals surface area contributed by atoms with E-state index in [4.69, 9.17) is 44.3 Å². The van der Waals surface area contributed by atoms with Crippen LogP contribution in [0.1, 0.15) is 41.6 Å². The van der Waals surface area contributed by atoms with Crippen LogP contribution in [0, 0.1) is 13.8 Å². The van der Waals surface area contributed by atoms with E-state index in [1.54, 1.807) is 51.8 Å². The first-order valence-electron chi connectivity index (χ1n) is 18.3. The summed E-state index contributed by atoms with van der Waals surface area (Å²) < 4.78 is 13.0. The van der Waals surface area contributed by atoms with Crippen LogP contribution in [0.2, 0.25) is 10.6 Å². The molecule has 0 saturated carbocycles. The highest BCUT2D eigenvalue weighted by Crippen LogP contribution is 2.38. The zero-order chi connectivity index (χ0) is 40.5. The number of morpholine rings is 2. The highest BCUT2D eigenvalue weighted by atomic mass is 35.5. The molecule has 6 heterocycles. The summed E-state index contributed by atoms with van der Waals surface area (Å²) in [4.78, 5) is 49.5. The minimum Gasteiger partial charge on any atom is -0.378 e. The van der Waals surface area contributed by atoms with E-state index in [1.165, 1.54) is 10.4 Å². The van der Waals surface area contributed by atoms with Gasteiger partial charge in [-0.2, -0.15) is 9.97 Å². The molecule has 17 heteroatoms. The number of halogens is 3. The number of carbonyl (C=O) groups excluding carboxylic acids is 2. The predicted molar refractivity (Wildman–Crippen MR) is 232 cm³/mol. The molecule has 12 nitrogen and oxygen atoms in total. The van der Waals surface area contributed by atoms with Crippen LogP contribution < -0.4 is 15.1 Å². The zero-order valence-electron chi connectivity index (χ0n) is 32.1. The average molecular weight is 870 g/mol. The number of aromatic nitrogens is 4. The van der Waals surface area contributed by atoms with E-state index in [-0.39, 0.29) is 11.2 Å². The molecule has 1 N–H and O–H groups in total. The maximum absolute atomic E-state index is 12.7. The third kappa shape index (κ3) is 10.6. The summed E-state index contributed by atoms with van der Waals surface area (Å²) in [5.74, 6) is 1.79. The number of hydrogen-bond acceptors (Lipinski definition) is 13. The number of aryl methyl sites for hydroxylation is 2. The minimum atomic E-state index is -0.407. The van der Waals surface area contributed by atoms with Crippen molar-refractivity contribution in [3.63, 3.8) is 0 Å². The number of ether oxygens (including phenoxy) is 2. The molecule has 6 aromatic rings. The summed E-state index contributed by atoms with van der Waals surface area (Å²) in [7, 11) is 3.77. The normalized spacial score (nSPS) is 14.2. The lowest BCUT2D eigenvalue weighted by Gasteiger charge is -2.28. The Labute approximate surface area is 354 Å². The Morgan fingerprint density at radius 2 is 1.16 bits per heavy atom. The number of benzene rings is 2. The lowest BCUT2D eigenvalue weighted by Crippen LogP contribution is -2.36. The Morgan fingerprint density at radius 3 is 1.60 bits per heavy atom. The Morgan fingerprint density at radius 1 is 0.719 bits per heavy atom. The van der Waals surface area contributed by atoms with Crippen molar-refractivity contribution >= 4 is 101 Å². The van der Waals surface area contributed by atoms with Gasteiger partial charge in [0.25, 0.3) is 11.1 Å². The molecule has 0 atom stereocenters. The first kappa shape index (κ1) is 42.6. The second-order valence-electron chi connectivity index (χ2n) is 13.2. The van der Waals surface area contributed by atoms with Crippen LogP contribution in [0.15, 0.2) is 60.7 Å². The average Bonchev–Trinajstić information content (AvgIpc) is 3.72. The van der Waals surface area contributed by atoms with E-state index in [1.807, 2.05) is 57.4 Å². The van der Waals surface area contributed by atoms with Gasteiger partial charge in [0.15, 0.2) is 11.6 Å². The van der Waals surface area contributed by atoms with Crippen LogP contribution >= 0.6 is 57.5 Å². The third-order valence-corrected chi connectivity index (χ3v) is 12.4. The Balaban J connectivity index is 0.000000164. The highest BCUT2D eigenvalue weighted by Gasteiger charge is 2.24. The molecule has 2 aliphatic heterocycles. The third-order valence-electron chi connectivity index (χ3n) is 9.35. The zero-order valence-corrected chi connectivity index (χ0v) is 36.0. The first-order chi connectivity index (χ1) is 27.5. The van der Waals surface area contributed by atoms with E-state index >= 15 is 0 Å². The Kier molecular flexibility index (Phi) is 15.0. The number of anilines is 2. The van der Waals surface area contributed by atoms with Gasteiger partial charge in [-0.25, -0.2) is 9.97 Å². The standard InChI is InChI=1S/C20H21ClN4O2S.C13H17ClN4OS.C7H5ClO/c1-13-15(12-24(2)19(26)14-6-4-3-5-7-14)28-17-16(13)22-20(21)23-18(17)25-8-10-27-11-9-25;1-8-9(7-15-2)20-11-10(8)16-13(14)17-12(11)18-3-5-19-6-4-18;8-7(9)6-4-2-1-3-5-6/h3-7H,8-12H2,1-2H3;15H,3-7H2,1-2H3;1-5H. The predicted octanol–water partition coefficient (Wildman–Crippen LogP) is 8.04. The van der Waals surface area contributed by atoms with Gasteiger partial charge in [-0.3, -0.25) is 9.59 Å². The van der Waals surface area contributed by atoms with Gasteiger partial charge in [0.05, 0.1) is 53.4 Å². The minimum absolute atomic E-state index is 0.00465. The van der Waals surface area contributed by atoms with Crippen molar-refractivity contribution in [1.82, 2.24) is 30.2 Å². The Bertz CT molecular complexity index is 2300. The van der Waals surface area contributed by atoms with Gasteiger partial charge in [0.2, 0.25) is 10.6 Å². The van der Waals surface area contributed by atoms with Crippen molar-refractivity contribution in [3.8, 4) is 0 Å². The number of thiophene rings is 2. The molecule has 0 spiro atoms. The van der Waals surface area contributed by atoms with Gasteiger partial charge >= 0.3 is 0 Å². The molecule has 8 rings (SSSR count). The van der Waals surface area contributed by atoms with Gasteiger partial charge in [-0.1, -0.05) is 48.5 Å². The number of hydrogen-bond donors (Lipinski definition) is 1. The molecule has 2 fully saturated rings. The summed E-state index contributed by atoms with van der Waals surface area (Å²) in [5, 5.41) is 3.35. The van der Waals surface area contributed by atoms with Crippen LogP contribution in [-0.4, -0.2) is 103 Å². The molecule has 2 aliphatic rings. The second kappa shape index (κ2) is 20.1. The first-order valence-corrected chi connectivity index (χ1v) is 21.1. The highest BCUT2D eigenvalue weighted by molar-refractivity contribution is 7.20. The number of rotatable bonds is 8. The maximum Gasteiger partial charge on any atom is 0.253 e. The van der Waals surface area contributed by atoms with Crippen molar-refractivity contribution in [2.75, 3.05) is 76.5 Å². The topological polar surface area (TPSA) is 126 Å². The van der Waals surface area contributed by atoms with Crippen LogP contribution in [0.3, 0.4) is 0 Å². The maximum atomic E-state index is 12.7. The van der Waals surface area contributed by atoms with Crippen LogP contribution in [0.25, 0.3) is 20.4 Å². The van der Waals surface area contributed by atoms with E-state index in [0.717, 1.165) is 88.4 Å². The molecule has 0 unspecified atom stereocenters. The van der Waals surface area contributed by atoms with Crippen LogP contribution in [0.5, 0.6) is 0 Å². The van der Waals surface area contributed by atoms with Crippen molar-refractivity contribution in [1.29, 1.82) is 0 Å². The lowest BCUT2D eigenvalue weighted by atomic mass is 10.2. The number of amides is 1. The fourth-order valence-corrected chi connectivity index (χ4v) is 9.35. The Hall–Kier alpha value is -3.99. The summed E-state index contributed by atoms with van der Waals surface area (Å²) in [6, 6.07) is 18.1. The quantitative estimate of drug-likeness (QED) is 0.118. The monoisotopic (exact) mass is 868 g/mol. The molecule has 0 radical (unpaired) electrons. The molecule has 0 aliphatic carbocycles. The molecule has 1 amide bonds. The summed E-state index contributed by atoms with van der Waals surface area (Å²) >= 11 is 20.9. The fourth-order valence-electron chi connectivity index (χ4n) is 6.30. The molecule has 2 saturated heterocycles.